The van der Waals surface area contributed by atoms with Crippen LogP contribution in [0.15, 0.2) is 0 Å². The Labute approximate surface area is 398 Å². The Morgan fingerprint density at radius 2 is 0.0508 bits per heavy atom. The second-order valence-electron chi connectivity index (χ2n) is 0. The van der Waals surface area contributed by atoms with Gasteiger partial charge >= 0.3 is 88.7 Å². The van der Waals surface area contributed by atoms with Crippen molar-refractivity contribution in [1.82, 2.24) is 0 Å². The molecule has 0 unspecified atom stereocenters. The van der Waals surface area contributed by atoms with Gasteiger partial charge in [0.25, 0.3) is 0 Å². The van der Waals surface area contributed by atoms with Crippen LogP contribution >= 0.6 is 0 Å². The molecule has 59 heavy (non-hydrogen) atoms. The summed E-state index contributed by atoms with van der Waals surface area (Å²) < 4.78 is 0. The molecule has 0 saturated carbocycles. The maximum absolute atomic E-state index is 0. The summed E-state index contributed by atoms with van der Waals surface area (Å²) in [7, 11) is 0. The topological polar surface area (TPSA) is 1760 Å². The molecule has 56 nitrogen and oxygen atoms in total. The Kier molecular flexibility index (Phi) is 2050000000. The van der Waals surface area contributed by atoms with Crippen LogP contribution in [0.2, 0.25) is 0 Å². The molecule has 0 aliphatic carbocycles. The predicted molar refractivity (Wildman–Crippen MR) is 206 cm³/mol. The zero-order valence-corrected chi connectivity index (χ0v) is 37.0. The third-order valence-corrected chi connectivity index (χ3v) is 0. The molecule has 0 rings (SSSR count). The van der Waals surface area contributed by atoms with Crippen LogP contribution in [-0.2, 0) is 0 Å². The summed E-state index contributed by atoms with van der Waals surface area (Å²) in [5.74, 6) is 0. The van der Waals surface area contributed by atoms with Gasteiger partial charge in [-0.3, -0.25) is 0 Å². The molecule has 0 aromatic rings. The fraction of sp³-hybridized carbons (Fsp3) is 0. The van der Waals surface area contributed by atoms with Crippen LogP contribution in [-0.4, -0.2) is 307 Å². The predicted octanol–water partition coefficient (Wildman–Crippen LogP) is -54.8. The van der Waals surface area contributed by atoms with Crippen LogP contribution in [0, 0.1) is 0 Å². The van der Waals surface area contributed by atoms with Crippen molar-refractivity contribution in [2.45, 2.75) is 0 Å². The first-order valence-corrected chi connectivity index (χ1v) is 0. The Balaban J connectivity index is 0. The Morgan fingerprint density at radius 1 is 0.0508 bits per heavy atom. The first-order valence-electron chi connectivity index (χ1n) is 0. The number of rotatable bonds is 0. The molecular weight excluding hydrogens is 965 g/mol. The molecule has 0 radical (unpaired) electrons. The van der Waals surface area contributed by atoms with Crippen molar-refractivity contribution in [2.24, 2.45) is 0 Å². The van der Waals surface area contributed by atoms with Crippen LogP contribution in [0.3, 0.4) is 0 Å². The molecule has 0 saturated heterocycles. The standard InChI is InChI=1S/3Na.56H2O.3H/h;;;56*1H2;;;/q3*+1;;;;;;;;;;;;;;;;;;;;;;;;;;;;;;;;;;;;;;;;;;;;;;;;;;;;;;;;;3*-1. The van der Waals surface area contributed by atoms with Gasteiger partial charge in [0, 0.05) is 0 Å². The first kappa shape index (κ1) is 357000. The van der Waals surface area contributed by atoms with E-state index in [0.29, 0.717) is 0 Å². The number of hydrogen-bond donors (Lipinski definition) is 0. The van der Waals surface area contributed by atoms with Crippen molar-refractivity contribution < 1.29 is 400 Å². The van der Waals surface area contributed by atoms with Crippen LogP contribution < -0.4 is 88.7 Å². The molecule has 112 N–H and O–H groups in total. The van der Waals surface area contributed by atoms with Gasteiger partial charge < -0.3 is 311 Å². The van der Waals surface area contributed by atoms with Gasteiger partial charge in [0.2, 0.25) is 0 Å². The van der Waals surface area contributed by atoms with Gasteiger partial charge in [-0.2, -0.15) is 0 Å². The van der Waals surface area contributed by atoms with E-state index in [0.717, 1.165) is 0 Å². The summed E-state index contributed by atoms with van der Waals surface area (Å²) in [5, 5.41) is 0. The fourth-order valence-corrected chi connectivity index (χ4v) is 0. The summed E-state index contributed by atoms with van der Waals surface area (Å²) in [4.78, 5) is 0. The van der Waals surface area contributed by atoms with Gasteiger partial charge in [0.1, 0.15) is 0 Å². The quantitative estimate of drug-likeness (QED) is 0.204. The number of hydrogen-bond acceptors (Lipinski definition) is 0. The van der Waals surface area contributed by atoms with Crippen molar-refractivity contribution in [1.29, 1.82) is 0 Å². The summed E-state index contributed by atoms with van der Waals surface area (Å²) in [6, 6.07) is 0. The molecule has 0 fully saturated rings. The molecule has 454 valence electrons. The van der Waals surface area contributed by atoms with Crippen LogP contribution in [0.25, 0.3) is 0 Å². The zero-order valence-electron chi connectivity index (χ0n) is 34.0. The van der Waals surface area contributed by atoms with Crippen molar-refractivity contribution in [3.63, 3.8) is 0 Å². The van der Waals surface area contributed by atoms with Gasteiger partial charge in [0.05, 0.1) is 0 Å². The molecular formula is H115Na3O56. The molecule has 59 heteroatoms. The normalized spacial score (nSPS) is 0. The van der Waals surface area contributed by atoms with E-state index in [1.54, 1.807) is 0 Å². The summed E-state index contributed by atoms with van der Waals surface area (Å²) >= 11 is 0. The maximum atomic E-state index is 0. The van der Waals surface area contributed by atoms with E-state index < -0.39 is 0 Å². The van der Waals surface area contributed by atoms with E-state index in [1.807, 2.05) is 0 Å². The van der Waals surface area contributed by atoms with Crippen molar-refractivity contribution >= 4 is 0 Å². The monoisotopic (exact) mass is 1080 g/mol. The summed E-state index contributed by atoms with van der Waals surface area (Å²) in [5.41, 5.74) is 0. The van der Waals surface area contributed by atoms with Gasteiger partial charge in [-0.1, -0.05) is 0 Å². The second kappa shape index (κ2) is 339000. The molecule has 0 aliphatic heterocycles. The largest absolute Gasteiger partial charge is 1.00 e. The van der Waals surface area contributed by atoms with Crippen molar-refractivity contribution in [2.75, 3.05) is 0 Å². The van der Waals surface area contributed by atoms with Gasteiger partial charge in [0.15, 0.2) is 0 Å². The van der Waals surface area contributed by atoms with E-state index in [9.17, 15) is 0 Å². The van der Waals surface area contributed by atoms with Gasteiger partial charge in [-0.25, -0.2) is 0 Å². The Bertz CT molecular complexity index is 34.4. The van der Waals surface area contributed by atoms with E-state index >= 15 is 0 Å². The van der Waals surface area contributed by atoms with Crippen molar-refractivity contribution in [3.05, 3.63) is 0 Å². The average Bonchev–Trinajstić information content (AvgIpc) is 0. The molecule has 0 aromatic carbocycles. The first-order chi connectivity index (χ1) is 0. The van der Waals surface area contributed by atoms with E-state index in [2.05, 4.69) is 0 Å². The fourth-order valence-electron chi connectivity index (χ4n) is 0. The summed E-state index contributed by atoms with van der Waals surface area (Å²) in [6.45, 7) is 0. The Morgan fingerprint density at radius 3 is 0.0508 bits per heavy atom. The smallest absolute Gasteiger partial charge is 1.00 e. The van der Waals surface area contributed by atoms with Crippen molar-refractivity contribution in [3.8, 4) is 0 Å². The van der Waals surface area contributed by atoms with Crippen LogP contribution in [0.4, 0.5) is 0 Å². The van der Waals surface area contributed by atoms with Crippen LogP contribution in [0.5, 0.6) is 0 Å². The molecule has 0 heterocycles. The molecule has 0 aliphatic rings. The SMILES string of the molecule is O.O.O.O.O.O.O.O.O.O.O.O.O.O.O.O.O.O.O.O.O.O.O.O.O.O.O.O.O.O.O.O.O.O.O.O.O.O.O.O.O.O.O.O.O.O.O.O.O.O.O.O.O.O.O.O.[H-].[H-].[H-].[Na+].[Na+].[Na+]. The van der Waals surface area contributed by atoms with Gasteiger partial charge in [-0.05, 0) is 0 Å². The summed E-state index contributed by atoms with van der Waals surface area (Å²) in [6.07, 6.45) is 0. The third kappa shape index (κ3) is 328000. The molecule has 0 bridgehead atoms. The minimum Gasteiger partial charge on any atom is -1.00 e. The third-order valence-electron chi connectivity index (χ3n) is 0. The Hall–Kier alpha value is 0.760. The maximum Gasteiger partial charge on any atom is 1.00 e. The van der Waals surface area contributed by atoms with E-state index in [-0.39, 0.29) is 400 Å². The molecule has 0 aromatic heterocycles. The minimum absolute atomic E-state index is 0. The minimum atomic E-state index is 0. The van der Waals surface area contributed by atoms with E-state index in [1.165, 1.54) is 0 Å². The van der Waals surface area contributed by atoms with Crippen LogP contribution in [0.1, 0.15) is 4.28 Å². The second-order valence-corrected chi connectivity index (χ2v) is 0. The van der Waals surface area contributed by atoms with Gasteiger partial charge in [-0.15, -0.1) is 0 Å². The zero-order chi connectivity index (χ0) is 0. The average molecular weight is 1080 g/mol. The molecule has 0 amide bonds. The molecule has 0 atom stereocenters. The van der Waals surface area contributed by atoms with E-state index in [4.69, 9.17) is 0 Å². The molecule has 0 spiro atoms.